The molecule has 0 saturated carbocycles. The van der Waals surface area contributed by atoms with Crippen LogP contribution in [0.4, 0.5) is 0 Å². The van der Waals surface area contributed by atoms with Gasteiger partial charge in [-0.05, 0) is 60.8 Å². The molecule has 1 aliphatic heterocycles. The predicted molar refractivity (Wildman–Crippen MR) is 87.4 cm³/mol. The maximum absolute atomic E-state index is 6.05. The van der Waals surface area contributed by atoms with Gasteiger partial charge in [0.1, 0.15) is 12.4 Å². The van der Waals surface area contributed by atoms with E-state index in [0.717, 1.165) is 29.8 Å². The summed E-state index contributed by atoms with van der Waals surface area (Å²) in [5, 5.41) is 6.05. The normalized spacial score (nSPS) is 22.3. The molecule has 2 aromatic rings. The van der Waals surface area contributed by atoms with Crippen LogP contribution in [0.1, 0.15) is 26.2 Å². The maximum atomic E-state index is 6.05. The van der Waals surface area contributed by atoms with E-state index in [1.54, 1.807) is 0 Å². The molecule has 0 amide bonds. The Morgan fingerprint density at radius 3 is 2.75 bits per heavy atom. The smallest absolute Gasteiger partial charge is 0.120 e. The summed E-state index contributed by atoms with van der Waals surface area (Å²) in [5.74, 6) is 0.960. The summed E-state index contributed by atoms with van der Waals surface area (Å²) in [6.07, 6.45) is 3.58. The molecule has 0 bridgehead atoms. The molecule has 1 aliphatic rings. The molecule has 0 unspecified atom stereocenters. The fourth-order valence-electron chi connectivity index (χ4n) is 2.90. The van der Waals surface area contributed by atoms with Gasteiger partial charge in [0.15, 0.2) is 0 Å². The Kier molecular flexibility index (Phi) is 3.99. The van der Waals surface area contributed by atoms with Gasteiger partial charge in [0.2, 0.25) is 0 Å². The average Bonchev–Trinajstić information content (AvgIpc) is 2.94. The zero-order valence-electron chi connectivity index (χ0n) is 11.8. The second-order valence-corrected chi connectivity index (χ2v) is 6.52. The Labute approximate surface area is 128 Å². The first kappa shape index (κ1) is 13.9. The van der Waals surface area contributed by atoms with Gasteiger partial charge in [0.05, 0.1) is 5.54 Å². The summed E-state index contributed by atoms with van der Waals surface area (Å²) in [7, 11) is 0. The molecule has 1 N–H and O–H groups in total. The van der Waals surface area contributed by atoms with Gasteiger partial charge < -0.3 is 10.1 Å². The van der Waals surface area contributed by atoms with Crippen LogP contribution in [-0.4, -0.2) is 18.7 Å². The van der Waals surface area contributed by atoms with Crippen molar-refractivity contribution < 1.29 is 4.74 Å². The minimum absolute atomic E-state index is 0.175. The van der Waals surface area contributed by atoms with Crippen LogP contribution < -0.4 is 10.1 Å². The van der Waals surface area contributed by atoms with Crippen molar-refractivity contribution in [3.05, 3.63) is 40.9 Å². The van der Waals surface area contributed by atoms with Crippen molar-refractivity contribution >= 4 is 26.7 Å². The highest BCUT2D eigenvalue weighted by atomic mass is 79.9. The van der Waals surface area contributed by atoms with Gasteiger partial charge >= 0.3 is 0 Å². The fourth-order valence-corrected chi connectivity index (χ4v) is 3.28. The number of hydrogen-bond donors (Lipinski definition) is 1. The second-order valence-electron chi connectivity index (χ2n) is 5.61. The molecule has 1 heterocycles. The summed E-state index contributed by atoms with van der Waals surface area (Å²) < 4.78 is 7.16. The lowest BCUT2D eigenvalue weighted by molar-refractivity contribution is 0.193. The molecule has 106 valence electrons. The van der Waals surface area contributed by atoms with Crippen LogP contribution in [0.15, 0.2) is 40.9 Å². The zero-order chi connectivity index (χ0) is 14.0. The molecule has 1 saturated heterocycles. The number of benzene rings is 2. The first-order chi connectivity index (χ1) is 9.71. The van der Waals surface area contributed by atoms with Crippen LogP contribution >= 0.6 is 15.9 Å². The molecule has 3 rings (SSSR count). The summed E-state index contributed by atoms with van der Waals surface area (Å²) in [5.41, 5.74) is 0.175. The van der Waals surface area contributed by atoms with Crippen LogP contribution in [0.25, 0.3) is 10.8 Å². The number of halogens is 1. The molecule has 0 aromatic heterocycles. The Hall–Kier alpha value is -1.06. The van der Waals surface area contributed by atoms with E-state index < -0.39 is 0 Å². The summed E-state index contributed by atoms with van der Waals surface area (Å²) in [4.78, 5) is 0. The molecular weight excluding hydrogens is 314 g/mol. The van der Waals surface area contributed by atoms with Gasteiger partial charge in [-0.1, -0.05) is 35.0 Å². The second kappa shape index (κ2) is 5.74. The molecular formula is C17H20BrNO. The highest BCUT2D eigenvalue weighted by Gasteiger charge is 2.32. The Morgan fingerprint density at radius 1 is 1.20 bits per heavy atom. The van der Waals surface area contributed by atoms with E-state index in [1.165, 1.54) is 23.6 Å². The van der Waals surface area contributed by atoms with Crippen molar-refractivity contribution in [2.24, 2.45) is 0 Å². The quantitative estimate of drug-likeness (QED) is 0.888. The molecule has 3 heteroatoms. The maximum Gasteiger partial charge on any atom is 0.120 e. The van der Waals surface area contributed by atoms with Crippen LogP contribution in [0.3, 0.4) is 0 Å². The van der Waals surface area contributed by atoms with E-state index in [-0.39, 0.29) is 5.54 Å². The van der Waals surface area contributed by atoms with Crippen LogP contribution in [0.2, 0.25) is 0 Å². The Balaban J connectivity index is 1.76. The van der Waals surface area contributed by atoms with Crippen molar-refractivity contribution in [2.75, 3.05) is 13.2 Å². The third kappa shape index (κ3) is 2.84. The summed E-state index contributed by atoms with van der Waals surface area (Å²) >= 11 is 3.50. The lowest BCUT2D eigenvalue weighted by atomic mass is 9.95. The lowest BCUT2D eigenvalue weighted by Gasteiger charge is -2.28. The van der Waals surface area contributed by atoms with Gasteiger partial charge in [-0.25, -0.2) is 0 Å². The van der Waals surface area contributed by atoms with Crippen molar-refractivity contribution in [1.82, 2.24) is 5.32 Å². The van der Waals surface area contributed by atoms with Crippen LogP contribution in [0.5, 0.6) is 5.75 Å². The van der Waals surface area contributed by atoms with Gasteiger partial charge in [-0.15, -0.1) is 0 Å². The number of hydrogen-bond acceptors (Lipinski definition) is 2. The van der Waals surface area contributed by atoms with E-state index in [1.807, 2.05) is 0 Å². The topological polar surface area (TPSA) is 21.3 Å². The van der Waals surface area contributed by atoms with Crippen molar-refractivity contribution in [1.29, 1.82) is 0 Å². The van der Waals surface area contributed by atoms with Crippen molar-refractivity contribution in [3.63, 3.8) is 0 Å². The van der Waals surface area contributed by atoms with E-state index in [0.29, 0.717) is 0 Å². The SMILES string of the molecule is CC[C@]1(COc2ccc3cc(Br)ccc3c2)CCCN1. The molecule has 2 aromatic carbocycles. The van der Waals surface area contributed by atoms with Crippen molar-refractivity contribution in [2.45, 2.75) is 31.7 Å². The number of fused-ring (bicyclic) bond motifs is 1. The van der Waals surface area contributed by atoms with Crippen molar-refractivity contribution in [3.8, 4) is 5.75 Å². The highest BCUT2D eigenvalue weighted by molar-refractivity contribution is 9.10. The first-order valence-electron chi connectivity index (χ1n) is 7.28. The molecule has 0 spiro atoms. The van der Waals surface area contributed by atoms with Gasteiger partial charge in [0, 0.05) is 4.47 Å². The molecule has 0 aliphatic carbocycles. The predicted octanol–water partition coefficient (Wildman–Crippen LogP) is 4.51. The van der Waals surface area contributed by atoms with Gasteiger partial charge in [-0.2, -0.15) is 0 Å². The standard InChI is InChI=1S/C17H20BrNO/c1-2-17(8-3-9-19-17)12-20-16-7-5-13-10-15(18)6-4-14(13)11-16/h4-7,10-11,19H,2-3,8-9,12H2,1H3/t17-/m1/s1. The molecule has 2 nitrogen and oxygen atoms in total. The average molecular weight is 334 g/mol. The molecule has 0 radical (unpaired) electrons. The van der Waals surface area contributed by atoms with Gasteiger partial charge in [0.25, 0.3) is 0 Å². The van der Waals surface area contributed by atoms with Gasteiger partial charge in [-0.3, -0.25) is 0 Å². The minimum Gasteiger partial charge on any atom is -0.492 e. The largest absolute Gasteiger partial charge is 0.492 e. The molecule has 1 fully saturated rings. The summed E-state index contributed by atoms with van der Waals surface area (Å²) in [6, 6.07) is 12.6. The Bertz CT molecular complexity index is 605. The number of nitrogens with one attached hydrogen (secondary N) is 1. The monoisotopic (exact) mass is 333 g/mol. The van der Waals surface area contributed by atoms with E-state index in [4.69, 9.17) is 4.74 Å². The fraction of sp³-hybridized carbons (Fsp3) is 0.412. The number of rotatable bonds is 4. The lowest BCUT2D eigenvalue weighted by Crippen LogP contribution is -2.44. The zero-order valence-corrected chi connectivity index (χ0v) is 13.4. The minimum atomic E-state index is 0.175. The Morgan fingerprint density at radius 2 is 2.00 bits per heavy atom. The molecule has 20 heavy (non-hydrogen) atoms. The summed E-state index contributed by atoms with van der Waals surface area (Å²) in [6.45, 7) is 4.11. The number of ether oxygens (including phenoxy) is 1. The van der Waals surface area contributed by atoms with Crippen LogP contribution in [-0.2, 0) is 0 Å². The third-order valence-corrected chi connectivity index (χ3v) is 4.79. The first-order valence-corrected chi connectivity index (χ1v) is 8.07. The van der Waals surface area contributed by atoms with E-state index in [9.17, 15) is 0 Å². The third-order valence-electron chi connectivity index (χ3n) is 4.30. The highest BCUT2D eigenvalue weighted by Crippen LogP contribution is 2.27. The van der Waals surface area contributed by atoms with E-state index in [2.05, 4.69) is 64.6 Å². The van der Waals surface area contributed by atoms with E-state index >= 15 is 0 Å². The molecule has 1 atom stereocenters. The van der Waals surface area contributed by atoms with Crippen LogP contribution in [0, 0.1) is 0 Å².